The van der Waals surface area contributed by atoms with Crippen LogP contribution in [0.3, 0.4) is 0 Å². The first-order valence-corrected chi connectivity index (χ1v) is 8.77. The number of nitrogens with zero attached hydrogens (tertiary/aromatic N) is 3. The third-order valence-corrected chi connectivity index (χ3v) is 4.47. The number of nitrogens with one attached hydrogen (secondary N) is 1. The molecule has 132 valence electrons. The molecular weight excluding hydrogens is 388 g/mol. The van der Waals surface area contributed by atoms with E-state index in [1.807, 2.05) is 23.1 Å². The van der Waals surface area contributed by atoms with Crippen LogP contribution < -0.4 is 15.8 Å². The van der Waals surface area contributed by atoms with E-state index in [4.69, 9.17) is 4.74 Å². The molecule has 1 saturated heterocycles. The molecule has 1 fully saturated rings. The molecule has 1 amide bonds. The summed E-state index contributed by atoms with van der Waals surface area (Å²) in [5.74, 6) is 0.804. The minimum atomic E-state index is -0.222. The number of hydrogen-bond acceptors (Lipinski definition) is 5. The van der Waals surface area contributed by atoms with Crippen molar-refractivity contribution in [2.24, 2.45) is 7.05 Å². The summed E-state index contributed by atoms with van der Waals surface area (Å²) in [5, 5.41) is 2.82. The summed E-state index contributed by atoms with van der Waals surface area (Å²) in [6.45, 7) is 2.58. The highest BCUT2D eigenvalue weighted by molar-refractivity contribution is 9.10. The van der Waals surface area contributed by atoms with Gasteiger partial charge in [-0.1, -0.05) is 22.0 Å². The number of ether oxygens (including phenoxy) is 1. The summed E-state index contributed by atoms with van der Waals surface area (Å²) in [7, 11) is 1.63. The maximum atomic E-state index is 12.3. The number of morpholine rings is 1. The lowest BCUT2D eigenvalue weighted by Gasteiger charge is -2.28. The Morgan fingerprint density at radius 3 is 2.80 bits per heavy atom. The van der Waals surface area contributed by atoms with Gasteiger partial charge in [0.2, 0.25) is 5.91 Å². The Labute approximate surface area is 153 Å². The van der Waals surface area contributed by atoms with Crippen molar-refractivity contribution in [2.45, 2.75) is 6.42 Å². The molecule has 8 heteroatoms. The van der Waals surface area contributed by atoms with Gasteiger partial charge >= 0.3 is 0 Å². The smallest absolute Gasteiger partial charge is 0.255 e. The minimum absolute atomic E-state index is 0.0242. The van der Waals surface area contributed by atoms with Crippen LogP contribution in [0.2, 0.25) is 0 Å². The van der Waals surface area contributed by atoms with Gasteiger partial charge in [-0.3, -0.25) is 14.2 Å². The zero-order valence-electron chi connectivity index (χ0n) is 13.9. The number of amides is 1. The van der Waals surface area contributed by atoms with Crippen molar-refractivity contribution in [2.75, 3.05) is 36.5 Å². The number of aromatic nitrogens is 2. The fourth-order valence-electron chi connectivity index (χ4n) is 2.60. The third-order valence-electron chi connectivity index (χ3n) is 3.98. The Bertz CT molecular complexity index is 831. The fraction of sp³-hybridized carbons (Fsp3) is 0.353. The number of benzene rings is 1. The number of rotatable bonds is 4. The molecule has 1 aliphatic heterocycles. The quantitative estimate of drug-likeness (QED) is 0.833. The van der Waals surface area contributed by atoms with Crippen LogP contribution in [-0.4, -0.2) is 41.8 Å². The maximum absolute atomic E-state index is 12.3. The summed E-state index contributed by atoms with van der Waals surface area (Å²) in [6.07, 6.45) is 0.0242. The van der Waals surface area contributed by atoms with Crippen molar-refractivity contribution in [1.29, 1.82) is 0 Å². The Balaban J connectivity index is 1.77. The Morgan fingerprint density at radius 2 is 2.08 bits per heavy atom. The van der Waals surface area contributed by atoms with Crippen LogP contribution in [-0.2, 0) is 23.0 Å². The molecule has 0 bridgehead atoms. The molecule has 1 aromatic carbocycles. The molecule has 0 radical (unpaired) electrons. The number of carbonyl (C=O) groups excluding carboxylic acids is 1. The van der Waals surface area contributed by atoms with Crippen LogP contribution in [0, 0.1) is 0 Å². The van der Waals surface area contributed by atoms with Crippen LogP contribution in [0.15, 0.2) is 39.6 Å². The van der Waals surface area contributed by atoms with Gasteiger partial charge in [0.15, 0.2) is 0 Å². The van der Waals surface area contributed by atoms with E-state index in [1.165, 1.54) is 10.6 Å². The van der Waals surface area contributed by atoms with Gasteiger partial charge in [-0.15, -0.1) is 0 Å². The third kappa shape index (κ3) is 4.46. The summed E-state index contributed by atoms with van der Waals surface area (Å²) in [5.41, 5.74) is 0.510. The second-order valence-electron chi connectivity index (χ2n) is 5.76. The van der Waals surface area contributed by atoms with Gasteiger partial charge < -0.3 is 15.0 Å². The van der Waals surface area contributed by atoms with Gasteiger partial charge in [-0.25, -0.2) is 4.98 Å². The van der Waals surface area contributed by atoms with Crippen molar-refractivity contribution >= 4 is 33.3 Å². The first-order valence-electron chi connectivity index (χ1n) is 7.98. The van der Waals surface area contributed by atoms with E-state index in [1.54, 1.807) is 13.1 Å². The molecule has 0 saturated carbocycles. The van der Waals surface area contributed by atoms with Crippen LogP contribution in [0.5, 0.6) is 0 Å². The molecule has 0 unspecified atom stereocenters. The first-order chi connectivity index (χ1) is 12.0. The summed E-state index contributed by atoms with van der Waals surface area (Å²) < 4.78 is 7.61. The molecule has 0 atom stereocenters. The van der Waals surface area contributed by atoms with Crippen molar-refractivity contribution in [3.8, 4) is 0 Å². The van der Waals surface area contributed by atoms with E-state index in [0.717, 1.165) is 4.47 Å². The lowest BCUT2D eigenvalue weighted by Crippen LogP contribution is -2.38. The van der Waals surface area contributed by atoms with Gasteiger partial charge in [-0.2, -0.15) is 0 Å². The molecule has 0 spiro atoms. The standard InChI is InChI=1S/C17H19BrN4O3/c1-21-14(10-16(23)19-13-4-2-3-12(18)9-13)20-15(11-17(21)24)22-5-7-25-8-6-22/h2-4,9,11H,5-8,10H2,1H3,(H,19,23). The number of anilines is 2. The van der Waals surface area contributed by atoms with E-state index in [0.29, 0.717) is 43.6 Å². The normalized spacial score (nSPS) is 14.4. The Hall–Kier alpha value is -2.19. The van der Waals surface area contributed by atoms with E-state index in [-0.39, 0.29) is 17.9 Å². The topological polar surface area (TPSA) is 76.5 Å². The molecule has 3 rings (SSSR count). The number of carbonyl (C=O) groups is 1. The highest BCUT2D eigenvalue weighted by atomic mass is 79.9. The molecule has 1 aliphatic rings. The predicted octanol–water partition coefficient (Wildman–Crippen LogP) is 1.56. The molecule has 1 aromatic heterocycles. The molecule has 7 nitrogen and oxygen atoms in total. The van der Waals surface area contributed by atoms with E-state index in [2.05, 4.69) is 26.2 Å². The van der Waals surface area contributed by atoms with Crippen LogP contribution in [0.1, 0.15) is 5.82 Å². The molecule has 1 N–H and O–H groups in total. The molecule has 2 heterocycles. The van der Waals surface area contributed by atoms with Crippen molar-refractivity contribution in [1.82, 2.24) is 9.55 Å². The van der Waals surface area contributed by atoms with Crippen LogP contribution >= 0.6 is 15.9 Å². The second-order valence-corrected chi connectivity index (χ2v) is 6.68. The van der Waals surface area contributed by atoms with Crippen LogP contribution in [0.25, 0.3) is 0 Å². The molecule has 0 aliphatic carbocycles. The Kier molecular flexibility index (Phi) is 5.50. The molecule has 25 heavy (non-hydrogen) atoms. The number of halogens is 1. The largest absolute Gasteiger partial charge is 0.378 e. The number of hydrogen-bond donors (Lipinski definition) is 1. The van der Waals surface area contributed by atoms with Gasteiger partial charge in [0, 0.05) is 36.4 Å². The lowest BCUT2D eigenvalue weighted by molar-refractivity contribution is -0.115. The van der Waals surface area contributed by atoms with Crippen molar-refractivity contribution in [3.63, 3.8) is 0 Å². The molecular formula is C17H19BrN4O3. The van der Waals surface area contributed by atoms with Crippen molar-refractivity contribution < 1.29 is 9.53 Å². The SMILES string of the molecule is Cn1c(CC(=O)Nc2cccc(Br)c2)nc(N2CCOCC2)cc1=O. The summed E-state index contributed by atoms with van der Waals surface area (Å²) in [6, 6.07) is 8.84. The molecule has 2 aromatic rings. The second kappa shape index (κ2) is 7.79. The minimum Gasteiger partial charge on any atom is -0.378 e. The van der Waals surface area contributed by atoms with Gasteiger partial charge in [0.1, 0.15) is 11.6 Å². The lowest BCUT2D eigenvalue weighted by atomic mass is 10.3. The zero-order chi connectivity index (χ0) is 17.8. The van der Waals surface area contributed by atoms with Gasteiger partial charge in [0.25, 0.3) is 5.56 Å². The summed E-state index contributed by atoms with van der Waals surface area (Å²) >= 11 is 3.37. The van der Waals surface area contributed by atoms with Crippen molar-refractivity contribution in [3.05, 3.63) is 51.0 Å². The summed E-state index contributed by atoms with van der Waals surface area (Å²) in [4.78, 5) is 31.1. The Morgan fingerprint density at radius 1 is 1.32 bits per heavy atom. The van der Waals surface area contributed by atoms with Crippen LogP contribution in [0.4, 0.5) is 11.5 Å². The predicted molar refractivity (Wildman–Crippen MR) is 99.0 cm³/mol. The monoisotopic (exact) mass is 406 g/mol. The van der Waals surface area contributed by atoms with E-state index < -0.39 is 0 Å². The first kappa shape index (κ1) is 17.6. The zero-order valence-corrected chi connectivity index (χ0v) is 15.5. The van der Waals surface area contributed by atoms with Gasteiger partial charge in [-0.05, 0) is 18.2 Å². The highest BCUT2D eigenvalue weighted by Gasteiger charge is 2.17. The average Bonchev–Trinajstić information content (AvgIpc) is 2.59. The van der Waals surface area contributed by atoms with Gasteiger partial charge in [0.05, 0.1) is 19.6 Å². The van der Waals surface area contributed by atoms with E-state index >= 15 is 0 Å². The maximum Gasteiger partial charge on any atom is 0.255 e. The average molecular weight is 407 g/mol. The highest BCUT2D eigenvalue weighted by Crippen LogP contribution is 2.16. The fourth-order valence-corrected chi connectivity index (χ4v) is 3.00. The van der Waals surface area contributed by atoms with E-state index in [9.17, 15) is 9.59 Å².